The van der Waals surface area contributed by atoms with Gasteiger partial charge in [-0.05, 0) is 12.0 Å². The number of hydrogen-bond donors (Lipinski definition) is 1. The number of rotatable bonds is 17. The van der Waals surface area contributed by atoms with Crippen molar-refractivity contribution in [1.82, 2.24) is 5.32 Å². The highest BCUT2D eigenvalue weighted by atomic mass is 16.5. The fourth-order valence-corrected chi connectivity index (χ4v) is 3.56. The Morgan fingerprint density at radius 1 is 0.929 bits per heavy atom. The normalized spacial score (nSPS) is 13.2. The van der Waals surface area contributed by atoms with Gasteiger partial charge in [0, 0.05) is 27.1 Å². The second-order valence-electron chi connectivity index (χ2n) is 7.67. The molecule has 1 aromatic rings. The average Bonchev–Trinajstić information content (AvgIpc) is 2.71. The molecule has 0 saturated heterocycles. The predicted molar refractivity (Wildman–Crippen MR) is 116 cm³/mol. The highest BCUT2D eigenvalue weighted by Crippen LogP contribution is 2.22. The molecule has 0 aliphatic carbocycles. The predicted octanol–water partition coefficient (Wildman–Crippen LogP) is 5.82. The lowest BCUT2D eigenvalue weighted by molar-refractivity contribution is -0.122. The summed E-state index contributed by atoms with van der Waals surface area (Å²) in [6, 6.07) is 10.1. The van der Waals surface area contributed by atoms with Crippen molar-refractivity contribution in [2.45, 2.75) is 89.7 Å². The Labute approximate surface area is 172 Å². The van der Waals surface area contributed by atoms with Crippen molar-refractivity contribution in [3.05, 3.63) is 35.9 Å². The third-order valence-corrected chi connectivity index (χ3v) is 5.19. The molecule has 160 valence electrons. The molecule has 1 aromatic carbocycles. The van der Waals surface area contributed by atoms with Crippen molar-refractivity contribution < 1.29 is 14.3 Å². The maximum absolute atomic E-state index is 12.3. The van der Waals surface area contributed by atoms with E-state index >= 15 is 0 Å². The first-order valence-corrected chi connectivity index (χ1v) is 11.1. The standard InChI is InChI=1S/C24H41NO3/c1-4-5-6-7-8-9-10-11-15-18-24(26)25-22(20-27-2)19-23(28-3)21-16-13-12-14-17-21/h12-14,16-17,22-23H,4-11,15,18-20H2,1-3H3,(H,25,26)/t22-,23-/m1/s1. The van der Waals surface area contributed by atoms with E-state index in [4.69, 9.17) is 9.47 Å². The summed E-state index contributed by atoms with van der Waals surface area (Å²) < 4.78 is 11.0. The SMILES string of the molecule is CCCCCCCCCCCC(=O)N[C@@H](COC)C[C@@H](OC)c1ccccc1. The summed E-state index contributed by atoms with van der Waals surface area (Å²) in [7, 11) is 3.38. The van der Waals surface area contributed by atoms with Gasteiger partial charge in [0.15, 0.2) is 0 Å². The van der Waals surface area contributed by atoms with Crippen LogP contribution in [0, 0.1) is 0 Å². The fraction of sp³-hybridized carbons (Fsp3) is 0.708. The maximum atomic E-state index is 12.3. The minimum Gasteiger partial charge on any atom is -0.383 e. The molecule has 1 rings (SSSR count). The molecule has 0 heterocycles. The van der Waals surface area contributed by atoms with Crippen LogP contribution in [0.15, 0.2) is 30.3 Å². The van der Waals surface area contributed by atoms with Crippen molar-refractivity contribution >= 4 is 5.91 Å². The Hall–Kier alpha value is -1.39. The van der Waals surface area contributed by atoms with E-state index in [0.29, 0.717) is 19.4 Å². The number of carbonyl (C=O) groups excluding carboxylic acids is 1. The van der Waals surface area contributed by atoms with Crippen LogP contribution in [0.25, 0.3) is 0 Å². The van der Waals surface area contributed by atoms with Gasteiger partial charge in [-0.25, -0.2) is 0 Å². The van der Waals surface area contributed by atoms with Crippen LogP contribution in [0.2, 0.25) is 0 Å². The Balaban J connectivity index is 2.26. The highest BCUT2D eigenvalue weighted by Gasteiger charge is 2.19. The Morgan fingerprint density at radius 2 is 1.54 bits per heavy atom. The first-order chi connectivity index (χ1) is 13.7. The van der Waals surface area contributed by atoms with Gasteiger partial charge < -0.3 is 14.8 Å². The second-order valence-corrected chi connectivity index (χ2v) is 7.67. The molecule has 4 nitrogen and oxygen atoms in total. The summed E-state index contributed by atoms with van der Waals surface area (Å²) in [6.45, 7) is 2.75. The lowest BCUT2D eigenvalue weighted by Crippen LogP contribution is -2.39. The largest absolute Gasteiger partial charge is 0.383 e. The molecule has 0 aliphatic rings. The van der Waals surface area contributed by atoms with E-state index in [-0.39, 0.29) is 18.1 Å². The topological polar surface area (TPSA) is 47.6 Å². The van der Waals surface area contributed by atoms with Crippen molar-refractivity contribution in [3.63, 3.8) is 0 Å². The molecule has 1 amide bonds. The Kier molecular flexibility index (Phi) is 14.6. The van der Waals surface area contributed by atoms with Crippen LogP contribution in [0.5, 0.6) is 0 Å². The van der Waals surface area contributed by atoms with E-state index in [1.54, 1.807) is 14.2 Å². The molecule has 0 unspecified atom stereocenters. The number of carbonyl (C=O) groups is 1. The van der Waals surface area contributed by atoms with Gasteiger partial charge in [-0.1, -0.05) is 88.6 Å². The molecule has 0 spiro atoms. The molecule has 0 radical (unpaired) electrons. The van der Waals surface area contributed by atoms with Gasteiger partial charge in [-0.2, -0.15) is 0 Å². The summed E-state index contributed by atoms with van der Waals surface area (Å²) in [4.78, 5) is 12.3. The van der Waals surface area contributed by atoms with Gasteiger partial charge in [-0.3, -0.25) is 4.79 Å². The third-order valence-electron chi connectivity index (χ3n) is 5.19. The number of unbranched alkanes of at least 4 members (excludes halogenated alkanes) is 8. The second kappa shape index (κ2) is 16.6. The molecule has 0 bridgehead atoms. The molecular formula is C24H41NO3. The summed E-state index contributed by atoms with van der Waals surface area (Å²) in [6.07, 6.45) is 12.6. The van der Waals surface area contributed by atoms with E-state index in [9.17, 15) is 4.79 Å². The molecule has 2 atom stereocenters. The summed E-state index contributed by atoms with van der Waals surface area (Å²) in [5, 5.41) is 3.13. The molecule has 0 fully saturated rings. The smallest absolute Gasteiger partial charge is 0.220 e. The van der Waals surface area contributed by atoms with Crippen LogP contribution in [0.4, 0.5) is 0 Å². The molecule has 4 heteroatoms. The number of methoxy groups -OCH3 is 2. The van der Waals surface area contributed by atoms with Gasteiger partial charge in [-0.15, -0.1) is 0 Å². The van der Waals surface area contributed by atoms with Crippen LogP contribution >= 0.6 is 0 Å². The van der Waals surface area contributed by atoms with Crippen molar-refractivity contribution in [2.75, 3.05) is 20.8 Å². The minimum atomic E-state index is -0.0469. The zero-order valence-electron chi connectivity index (χ0n) is 18.3. The lowest BCUT2D eigenvalue weighted by Gasteiger charge is -2.23. The van der Waals surface area contributed by atoms with E-state index in [2.05, 4.69) is 24.4 Å². The molecule has 0 aliphatic heterocycles. The summed E-state index contributed by atoms with van der Waals surface area (Å²) in [5.74, 6) is 0.118. The van der Waals surface area contributed by atoms with Crippen molar-refractivity contribution in [1.29, 1.82) is 0 Å². The monoisotopic (exact) mass is 391 g/mol. The van der Waals surface area contributed by atoms with Crippen LogP contribution in [0.1, 0.15) is 89.2 Å². The number of benzene rings is 1. The Morgan fingerprint density at radius 3 is 2.11 bits per heavy atom. The van der Waals surface area contributed by atoms with E-state index in [1.165, 1.54) is 44.9 Å². The lowest BCUT2D eigenvalue weighted by atomic mass is 10.0. The molecule has 1 N–H and O–H groups in total. The highest BCUT2D eigenvalue weighted by molar-refractivity contribution is 5.76. The van der Waals surface area contributed by atoms with E-state index in [0.717, 1.165) is 18.4 Å². The maximum Gasteiger partial charge on any atom is 0.220 e. The van der Waals surface area contributed by atoms with Crippen LogP contribution in [-0.2, 0) is 14.3 Å². The van der Waals surface area contributed by atoms with Crippen LogP contribution in [-0.4, -0.2) is 32.8 Å². The van der Waals surface area contributed by atoms with Crippen molar-refractivity contribution in [2.24, 2.45) is 0 Å². The molecular weight excluding hydrogens is 350 g/mol. The van der Waals surface area contributed by atoms with Crippen LogP contribution in [0.3, 0.4) is 0 Å². The molecule has 28 heavy (non-hydrogen) atoms. The summed E-state index contributed by atoms with van der Waals surface area (Å²) >= 11 is 0. The summed E-state index contributed by atoms with van der Waals surface area (Å²) in [5.41, 5.74) is 1.12. The first kappa shape index (κ1) is 24.6. The number of hydrogen-bond acceptors (Lipinski definition) is 3. The quantitative estimate of drug-likeness (QED) is 0.341. The van der Waals surface area contributed by atoms with Gasteiger partial charge in [0.25, 0.3) is 0 Å². The third kappa shape index (κ3) is 11.5. The van der Waals surface area contributed by atoms with Gasteiger partial charge in [0.05, 0.1) is 18.8 Å². The minimum absolute atomic E-state index is 0.0405. The van der Waals surface area contributed by atoms with E-state index in [1.807, 2.05) is 18.2 Å². The van der Waals surface area contributed by atoms with E-state index < -0.39 is 0 Å². The fourth-order valence-electron chi connectivity index (χ4n) is 3.56. The molecule has 0 saturated carbocycles. The number of ether oxygens (including phenoxy) is 2. The van der Waals surface area contributed by atoms with Gasteiger partial charge in [0.1, 0.15) is 0 Å². The van der Waals surface area contributed by atoms with Gasteiger partial charge >= 0.3 is 0 Å². The molecule has 0 aromatic heterocycles. The van der Waals surface area contributed by atoms with Crippen LogP contribution < -0.4 is 5.32 Å². The van der Waals surface area contributed by atoms with Gasteiger partial charge in [0.2, 0.25) is 5.91 Å². The zero-order valence-corrected chi connectivity index (χ0v) is 18.3. The number of nitrogens with one attached hydrogen (secondary N) is 1. The average molecular weight is 392 g/mol. The Bertz CT molecular complexity index is 492. The zero-order chi connectivity index (χ0) is 20.5. The van der Waals surface area contributed by atoms with Crippen molar-refractivity contribution in [3.8, 4) is 0 Å². The first-order valence-electron chi connectivity index (χ1n) is 11.1. The number of amides is 1.